The molecule has 0 aromatic heterocycles. The first-order chi connectivity index (χ1) is 17.5. The number of phenols is 2. The smallest absolute Gasteiger partial charge is 0.222 e. The minimum atomic E-state index is -1.52. The number of nitrogens with two attached hydrogens (primary N) is 1. The van der Waals surface area contributed by atoms with Gasteiger partial charge in [0.15, 0.2) is 24.0 Å². The second-order valence-electron chi connectivity index (χ2n) is 9.39. The zero-order chi connectivity index (χ0) is 27.7. The van der Waals surface area contributed by atoms with E-state index in [1.54, 1.807) is 13.0 Å². The van der Waals surface area contributed by atoms with Gasteiger partial charge >= 0.3 is 0 Å². The lowest BCUT2D eigenvalue weighted by Gasteiger charge is -2.37. The van der Waals surface area contributed by atoms with Gasteiger partial charge in [0.1, 0.15) is 12.2 Å². The molecule has 1 aliphatic rings. The average Bonchev–Trinajstić information content (AvgIpc) is 2.98. The van der Waals surface area contributed by atoms with Crippen molar-refractivity contribution in [1.82, 2.24) is 5.32 Å². The van der Waals surface area contributed by atoms with Gasteiger partial charge in [0.25, 0.3) is 0 Å². The third-order valence-electron chi connectivity index (χ3n) is 6.74. The van der Waals surface area contributed by atoms with E-state index in [1.165, 1.54) is 19.2 Å². The summed E-state index contributed by atoms with van der Waals surface area (Å²) >= 11 is 0. The quantitative estimate of drug-likeness (QED) is 0.0971. The molecule has 9 atom stereocenters. The van der Waals surface area contributed by atoms with Crippen LogP contribution in [0, 0.1) is 17.8 Å². The SMILES string of the molecule is COCC(CO)[C@@H](C)C(O)C(NC(=O)CCc1ccc(O)c(O)c1)O[C@H]1C(O)[C@@H](N)C(O)OC[C@H]1CO. The molecule has 0 radical (unpaired) electrons. The number of aliphatic hydroxyl groups is 5. The standard InChI is InChI=1S/C24H40N2O11/c1-12(14(8-27)10-35-2)20(32)23(26-18(31)6-4-13-3-5-16(29)17(30)7-13)37-22-15(9-28)11-36-24(34)19(25)21(22)33/h3,5,7,12,14-15,19-24,27-30,32-34H,4,6,8-11,25H2,1-2H3,(H,26,31)/t12-,14?,15-,19-,20?,21?,22-,23?,24?/m1/s1. The third-order valence-corrected chi connectivity index (χ3v) is 6.74. The molecular formula is C24H40N2O11. The number of amides is 1. The van der Waals surface area contributed by atoms with Crippen LogP contribution in [0.2, 0.25) is 0 Å². The molecule has 2 rings (SSSR count). The molecule has 212 valence electrons. The number of carbonyl (C=O) groups excluding carboxylic acids is 1. The Bertz CT molecular complexity index is 845. The summed E-state index contributed by atoms with van der Waals surface area (Å²) in [6, 6.07) is 2.88. The Hall–Kier alpha value is -2.07. The van der Waals surface area contributed by atoms with Crippen LogP contribution in [0.1, 0.15) is 18.9 Å². The van der Waals surface area contributed by atoms with Crippen LogP contribution in [0.4, 0.5) is 0 Å². The molecule has 5 unspecified atom stereocenters. The maximum absolute atomic E-state index is 12.8. The first-order valence-electron chi connectivity index (χ1n) is 12.1. The topological polar surface area (TPSA) is 224 Å². The number of nitrogens with one attached hydrogen (secondary N) is 1. The lowest BCUT2D eigenvalue weighted by molar-refractivity contribution is -0.173. The van der Waals surface area contributed by atoms with Gasteiger partial charge < -0.3 is 61.0 Å². The van der Waals surface area contributed by atoms with Crippen molar-refractivity contribution in [3.05, 3.63) is 23.8 Å². The van der Waals surface area contributed by atoms with Crippen LogP contribution < -0.4 is 11.1 Å². The minimum absolute atomic E-state index is 0.0787. The lowest BCUT2D eigenvalue weighted by Crippen LogP contribution is -2.57. The highest BCUT2D eigenvalue weighted by molar-refractivity contribution is 5.76. The maximum atomic E-state index is 12.8. The van der Waals surface area contributed by atoms with Crippen LogP contribution in [-0.4, -0.2) is 112 Å². The average molecular weight is 533 g/mol. The first-order valence-corrected chi connectivity index (χ1v) is 12.1. The largest absolute Gasteiger partial charge is 0.504 e. The van der Waals surface area contributed by atoms with Crippen LogP contribution >= 0.6 is 0 Å². The summed E-state index contributed by atoms with van der Waals surface area (Å²) < 4.78 is 16.2. The summed E-state index contributed by atoms with van der Waals surface area (Å²) in [6.07, 6.45) is -6.93. The third kappa shape index (κ3) is 8.46. The molecule has 0 saturated carbocycles. The summed E-state index contributed by atoms with van der Waals surface area (Å²) in [4.78, 5) is 12.8. The van der Waals surface area contributed by atoms with E-state index in [0.29, 0.717) is 5.56 Å². The molecule has 10 N–H and O–H groups in total. The Morgan fingerprint density at radius 3 is 2.54 bits per heavy atom. The van der Waals surface area contributed by atoms with Crippen molar-refractivity contribution in [2.24, 2.45) is 23.5 Å². The summed E-state index contributed by atoms with van der Waals surface area (Å²) in [5.74, 6) is -3.15. The number of carbonyl (C=O) groups is 1. The van der Waals surface area contributed by atoms with E-state index in [4.69, 9.17) is 19.9 Å². The van der Waals surface area contributed by atoms with E-state index in [1.807, 2.05) is 0 Å². The lowest BCUT2D eigenvalue weighted by atomic mass is 9.88. The highest BCUT2D eigenvalue weighted by Gasteiger charge is 2.43. The van der Waals surface area contributed by atoms with E-state index in [2.05, 4.69) is 5.32 Å². The molecule has 0 spiro atoms. The van der Waals surface area contributed by atoms with Crippen molar-refractivity contribution in [3.63, 3.8) is 0 Å². The van der Waals surface area contributed by atoms with Gasteiger partial charge in [-0.2, -0.15) is 0 Å². The molecule has 37 heavy (non-hydrogen) atoms. The molecule has 1 fully saturated rings. The Labute approximate surface area is 215 Å². The number of rotatable bonds is 13. The van der Waals surface area contributed by atoms with Crippen LogP contribution in [0.25, 0.3) is 0 Å². The van der Waals surface area contributed by atoms with E-state index < -0.39 is 67.1 Å². The summed E-state index contributed by atoms with van der Waals surface area (Å²) in [5, 5.41) is 73.2. The fraction of sp³-hybridized carbons (Fsp3) is 0.708. The molecule has 1 aromatic carbocycles. The Kier molecular flexibility index (Phi) is 12.4. The van der Waals surface area contributed by atoms with Crippen molar-refractivity contribution in [2.75, 3.05) is 33.5 Å². The summed E-state index contributed by atoms with van der Waals surface area (Å²) in [5.41, 5.74) is 6.44. The number of hydrogen-bond donors (Lipinski definition) is 9. The predicted molar refractivity (Wildman–Crippen MR) is 129 cm³/mol. The molecule has 1 heterocycles. The molecule has 1 amide bonds. The van der Waals surface area contributed by atoms with Gasteiger partial charge in [0.05, 0.1) is 32.0 Å². The number of phenolic OH excluding ortho intramolecular Hbond substituents is 2. The number of ether oxygens (including phenoxy) is 3. The van der Waals surface area contributed by atoms with Gasteiger partial charge in [-0.1, -0.05) is 13.0 Å². The second-order valence-corrected chi connectivity index (χ2v) is 9.39. The molecule has 13 heteroatoms. The fourth-order valence-corrected chi connectivity index (χ4v) is 4.16. The van der Waals surface area contributed by atoms with Crippen molar-refractivity contribution in [3.8, 4) is 11.5 Å². The minimum Gasteiger partial charge on any atom is -0.504 e. The predicted octanol–water partition coefficient (Wildman–Crippen LogP) is -2.24. The van der Waals surface area contributed by atoms with Crippen molar-refractivity contribution < 1.29 is 54.8 Å². The van der Waals surface area contributed by atoms with Gasteiger partial charge in [-0.3, -0.25) is 4.79 Å². The monoisotopic (exact) mass is 532 g/mol. The molecule has 1 aliphatic heterocycles. The van der Waals surface area contributed by atoms with Gasteiger partial charge in [0.2, 0.25) is 5.91 Å². The Morgan fingerprint density at radius 2 is 1.95 bits per heavy atom. The first kappa shape index (κ1) is 31.1. The maximum Gasteiger partial charge on any atom is 0.222 e. The second kappa shape index (κ2) is 14.8. The van der Waals surface area contributed by atoms with Gasteiger partial charge in [0, 0.05) is 32.0 Å². The van der Waals surface area contributed by atoms with Crippen molar-refractivity contribution in [2.45, 2.75) is 56.6 Å². The fourth-order valence-electron chi connectivity index (χ4n) is 4.16. The highest BCUT2D eigenvalue weighted by Crippen LogP contribution is 2.27. The summed E-state index contributed by atoms with van der Waals surface area (Å²) in [6.45, 7) is 0.745. The van der Waals surface area contributed by atoms with Crippen molar-refractivity contribution >= 4 is 5.91 Å². The van der Waals surface area contributed by atoms with Gasteiger partial charge in [-0.15, -0.1) is 0 Å². The van der Waals surface area contributed by atoms with Crippen LogP contribution in [0.3, 0.4) is 0 Å². The number of aliphatic hydroxyl groups excluding tert-OH is 5. The van der Waals surface area contributed by atoms with E-state index >= 15 is 0 Å². The zero-order valence-corrected chi connectivity index (χ0v) is 21.0. The van der Waals surface area contributed by atoms with Crippen LogP contribution in [0.15, 0.2) is 18.2 Å². The van der Waals surface area contributed by atoms with Crippen LogP contribution in [0.5, 0.6) is 11.5 Å². The van der Waals surface area contributed by atoms with E-state index in [-0.39, 0.29) is 44.2 Å². The number of hydrogen-bond acceptors (Lipinski definition) is 12. The summed E-state index contributed by atoms with van der Waals surface area (Å²) in [7, 11) is 1.44. The number of benzene rings is 1. The molecule has 1 saturated heterocycles. The van der Waals surface area contributed by atoms with Gasteiger partial charge in [-0.05, 0) is 30.0 Å². The van der Waals surface area contributed by atoms with Crippen molar-refractivity contribution in [1.29, 1.82) is 0 Å². The highest BCUT2D eigenvalue weighted by atomic mass is 16.6. The normalized spacial score (nSPS) is 27.6. The molecule has 0 bridgehead atoms. The van der Waals surface area contributed by atoms with Gasteiger partial charge in [-0.25, -0.2) is 0 Å². The molecule has 0 aliphatic carbocycles. The Balaban J connectivity index is 2.24. The number of aromatic hydroxyl groups is 2. The Morgan fingerprint density at radius 1 is 1.24 bits per heavy atom. The molecule has 13 nitrogen and oxygen atoms in total. The zero-order valence-electron chi connectivity index (χ0n) is 21.0. The number of methoxy groups -OCH3 is 1. The molecule has 1 aromatic rings. The molecular weight excluding hydrogens is 492 g/mol. The van der Waals surface area contributed by atoms with E-state index in [0.717, 1.165) is 0 Å². The van der Waals surface area contributed by atoms with E-state index in [9.17, 15) is 40.5 Å². The number of aryl methyl sites for hydroxylation is 1. The van der Waals surface area contributed by atoms with Crippen LogP contribution in [-0.2, 0) is 25.4 Å².